The minimum Gasteiger partial charge on any atom is -0.381 e. The molecule has 0 radical (unpaired) electrons. The van der Waals surface area contributed by atoms with Gasteiger partial charge in [-0.25, -0.2) is 0 Å². The van der Waals surface area contributed by atoms with E-state index < -0.39 is 0 Å². The monoisotopic (exact) mass is 426 g/mol. The summed E-state index contributed by atoms with van der Waals surface area (Å²) >= 11 is 1.14. The average molecular weight is 427 g/mol. The number of carbonyl (C=O) groups excluding carboxylic acids is 1. The van der Waals surface area contributed by atoms with E-state index in [2.05, 4.69) is 31.5 Å². The third kappa shape index (κ3) is 4.33. The summed E-state index contributed by atoms with van der Waals surface area (Å²) in [7, 11) is 6.39. The van der Waals surface area contributed by atoms with Gasteiger partial charge in [-0.05, 0) is 41.9 Å². The molecule has 6 nitrogen and oxygen atoms in total. The van der Waals surface area contributed by atoms with Gasteiger partial charge in [0.1, 0.15) is 6.54 Å². The molecule has 0 atom stereocenters. The Labute approximate surface area is 180 Å². The fraction of sp³-hybridized carbons (Fsp3) is 0.391. The number of ether oxygens (including phenoxy) is 1. The highest BCUT2D eigenvalue weighted by atomic mass is 32.1. The molecule has 30 heavy (non-hydrogen) atoms. The first-order chi connectivity index (χ1) is 14.3. The molecule has 0 spiro atoms. The third-order valence-corrected chi connectivity index (χ3v) is 6.88. The standard InChI is InChI=1S/C23H27N3O3S/c1-25-21-9-6-17(14-20(21)23(28)30-25)22(27)24-18-7-4-16(5-8-18)15-26(2,3)19-10-12-29-13-11-19/h4-9,14,19H,10-13,15H2,1-3H3/p+1. The van der Waals surface area contributed by atoms with Gasteiger partial charge in [0.05, 0.1) is 44.3 Å². The third-order valence-electron chi connectivity index (χ3n) is 6.02. The second-order valence-electron chi connectivity index (χ2n) is 8.54. The number of hydrogen-bond acceptors (Lipinski definition) is 4. The summed E-state index contributed by atoms with van der Waals surface area (Å²) in [4.78, 5) is 24.7. The summed E-state index contributed by atoms with van der Waals surface area (Å²) in [6.07, 6.45) is 2.19. The maximum Gasteiger partial charge on any atom is 0.257 e. The van der Waals surface area contributed by atoms with Crippen molar-refractivity contribution in [2.24, 2.45) is 7.05 Å². The average Bonchev–Trinajstić information content (AvgIpc) is 3.03. The number of quaternary nitrogens is 1. The van der Waals surface area contributed by atoms with Crippen LogP contribution in [0.4, 0.5) is 5.69 Å². The molecule has 0 saturated carbocycles. The number of carbonyl (C=O) groups is 1. The number of fused-ring (bicyclic) bond motifs is 1. The van der Waals surface area contributed by atoms with E-state index in [0.29, 0.717) is 17.0 Å². The molecule has 0 aliphatic carbocycles. The molecule has 2 aromatic carbocycles. The predicted molar refractivity (Wildman–Crippen MR) is 121 cm³/mol. The minimum atomic E-state index is -0.212. The van der Waals surface area contributed by atoms with E-state index in [1.165, 1.54) is 5.56 Å². The summed E-state index contributed by atoms with van der Waals surface area (Å²) < 4.78 is 8.22. The fourth-order valence-corrected chi connectivity index (χ4v) is 4.99. The first-order valence-corrected chi connectivity index (χ1v) is 11.0. The Morgan fingerprint density at radius 2 is 1.87 bits per heavy atom. The Kier molecular flexibility index (Phi) is 5.77. The number of anilines is 1. The molecule has 1 aliphatic rings. The molecular weight excluding hydrogens is 398 g/mol. The number of amides is 1. The quantitative estimate of drug-likeness (QED) is 0.634. The van der Waals surface area contributed by atoms with Crippen LogP contribution in [0.2, 0.25) is 0 Å². The topological polar surface area (TPSA) is 60.3 Å². The lowest BCUT2D eigenvalue weighted by Crippen LogP contribution is -2.50. The molecule has 7 heteroatoms. The van der Waals surface area contributed by atoms with Crippen LogP contribution in [-0.4, -0.2) is 47.7 Å². The minimum absolute atomic E-state index is 0.0308. The fourth-order valence-electron chi connectivity index (χ4n) is 4.22. The van der Waals surface area contributed by atoms with Gasteiger partial charge in [0, 0.05) is 36.7 Å². The maximum atomic E-state index is 12.7. The van der Waals surface area contributed by atoms with Gasteiger partial charge in [0.2, 0.25) is 0 Å². The van der Waals surface area contributed by atoms with Crippen LogP contribution in [0.1, 0.15) is 28.8 Å². The van der Waals surface area contributed by atoms with E-state index in [1.54, 1.807) is 12.1 Å². The lowest BCUT2D eigenvalue weighted by molar-refractivity contribution is -0.929. The number of hydrogen-bond donors (Lipinski definition) is 1. The van der Waals surface area contributed by atoms with Crippen LogP contribution in [0.15, 0.2) is 47.3 Å². The summed E-state index contributed by atoms with van der Waals surface area (Å²) in [6.45, 7) is 2.64. The van der Waals surface area contributed by atoms with Gasteiger partial charge in [-0.2, -0.15) is 0 Å². The zero-order chi connectivity index (χ0) is 21.3. The summed E-state index contributed by atoms with van der Waals surface area (Å²) in [6, 6.07) is 13.9. The second kappa shape index (κ2) is 8.34. The van der Waals surface area contributed by atoms with Crippen LogP contribution in [0.5, 0.6) is 0 Å². The van der Waals surface area contributed by atoms with Gasteiger partial charge < -0.3 is 14.5 Å². The zero-order valence-electron chi connectivity index (χ0n) is 17.7. The first-order valence-electron chi connectivity index (χ1n) is 10.2. The molecule has 0 unspecified atom stereocenters. The van der Waals surface area contributed by atoms with Crippen LogP contribution < -0.4 is 10.1 Å². The summed E-state index contributed by atoms with van der Waals surface area (Å²) in [5, 5.41) is 3.52. The van der Waals surface area contributed by atoms with Crippen molar-refractivity contribution in [1.82, 2.24) is 3.96 Å². The van der Waals surface area contributed by atoms with Gasteiger partial charge >= 0.3 is 0 Å². The lowest BCUT2D eigenvalue weighted by atomic mass is 10.0. The number of benzene rings is 2. The molecule has 1 aromatic heterocycles. The molecule has 1 fully saturated rings. The van der Waals surface area contributed by atoms with E-state index in [1.807, 2.05) is 29.2 Å². The normalized spacial score (nSPS) is 15.4. The maximum absolute atomic E-state index is 12.7. The van der Waals surface area contributed by atoms with E-state index in [0.717, 1.165) is 59.8 Å². The highest BCUT2D eigenvalue weighted by Gasteiger charge is 2.30. The molecule has 1 amide bonds. The Hall–Kier alpha value is -2.48. The first kappa shape index (κ1) is 20.8. The van der Waals surface area contributed by atoms with Crippen molar-refractivity contribution in [1.29, 1.82) is 0 Å². The molecular formula is C23H28N3O3S+. The van der Waals surface area contributed by atoms with Crippen molar-refractivity contribution in [3.8, 4) is 0 Å². The van der Waals surface area contributed by atoms with Crippen LogP contribution >= 0.6 is 11.5 Å². The number of aromatic nitrogens is 1. The van der Waals surface area contributed by atoms with Crippen molar-refractivity contribution in [2.45, 2.75) is 25.4 Å². The van der Waals surface area contributed by atoms with Crippen LogP contribution in [0.25, 0.3) is 10.9 Å². The van der Waals surface area contributed by atoms with E-state index >= 15 is 0 Å². The van der Waals surface area contributed by atoms with Crippen molar-refractivity contribution in [3.05, 3.63) is 63.1 Å². The van der Waals surface area contributed by atoms with Gasteiger partial charge in [-0.15, -0.1) is 0 Å². The van der Waals surface area contributed by atoms with Gasteiger partial charge in [-0.3, -0.25) is 13.5 Å². The Morgan fingerprint density at radius 3 is 2.57 bits per heavy atom. The number of rotatable bonds is 5. The number of nitrogens with one attached hydrogen (secondary N) is 1. The molecule has 4 rings (SSSR count). The molecule has 2 heterocycles. The van der Waals surface area contributed by atoms with E-state index in [4.69, 9.17) is 4.74 Å². The zero-order valence-corrected chi connectivity index (χ0v) is 18.5. The van der Waals surface area contributed by atoms with Crippen LogP contribution in [-0.2, 0) is 18.3 Å². The van der Waals surface area contributed by atoms with E-state index in [9.17, 15) is 9.59 Å². The Balaban J connectivity index is 1.43. The van der Waals surface area contributed by atoms with Crippen LogP contribution in [0.3, 0.4) is 0 Å². The number of nitrogens with zero attached hydrogens (tertiary/aromatic N) is 2. The van der Waals surface area contributed by atoms with Gasteiger partial charge in [0.25, 0.3) is 10.6 Å². The molecule has 0 bridgehead atoms. The van der Waals surface area contributed by atoms with Crippen molar-refractivity contribution < 1.29 is 14.0 Å². The van der Waals surface area contributed by atoms with Gasteiger partial charge in [-0.1, -0.05) is 12.1 Å². The van der Waals surface area contributed by atoms with Gasteiger partial charge in [0.15, 0.2) is 0 Å². The smallest absolute Gasteiger partial charge is 0.257 e. The summed E-state index contributed by atoms with van der Waals surface area (Å²) in [5.74, 6) is -0.212. The molecule has 158 valence electrons. The van der Waals surface area contributed by atoms with Crippen LogP contribution in [0, 0.1) is 0 Å². The summed E-state index contributed by atoms with van der Waals surface area (Å²) in [5.41, 5.74) is 3.32. The van der Waals surface area contributed by atoms with Crippen molar-refractivity contribution >= 4 is 34.0 Å². The van der Waals surface area contributed by atoms with Crippen molar-refractivity contribution in [3.63, 3.8) is 0 Å². The highest BCUT2D eigenvalue weighted by Crippen LogP contribution is 2.23. The van der Waals surface area contributed by atoms with Crippen molar-refractivity contribution in [2.75, 3.05) is 32.6 Å². The number of aryl methyl sites for hydroxylation is 1. The Bertz CT molecular complexity index is 1110. The lowest BCUT2D eigenvalue weighted by Gasteiger charge is -2.40. The predicted octanol–water partition coefficient (Wildman–Crippen LogP) is 3.61. The molecule has 1 saturated heterocycles. The molecule has 1 aliphatic heterocycles. The molecule has 3 aromatic rings. The molecule has 1 N–H and O–H groups in total. The highest BCUT2D eigenvalue weighted by molar-refractivity contribution is 7.05. The SMILES string of the molecule is Cn1sc(=O)c2cc(C(=O)Nc3ccc(C[N+](C)(C)C4CCOCC4)cc3)ccc21. The second-order valence-corrected chi connectivity index (χ2v) is 9.64. The van der Waals surface area contributed by atoms with E-state index in [-0.39, 0.29) is 10.6 Å². The Morgan fingerprint density at radius 1 is 1.17 bits per heavy atom. The largest absolute Gasteiger partial charge is 0.381 e.